The number of aryl methyl sites for hydroxylation is 2. The molecule has 1 heterocycles. The number of nitrogens with one attached hydrogen (secondary N) is 1. The normalized spacial score (nSPS) is 15.9. The van der Waals surface area contributed by atoms with Gasteiger partial charge in [-0.2, -0.15) is 0 Å². The van der Waals surface area contributed by atoms with E-state index in [1.54, 1.807) is 11.8 Å². The molecule has 0 radical (unpaired) electrons. The molecule has 0 aliphatic carbocycles. The number of hydrogen-bond acceptors (Lipinski definition) is 3. The van der Waals surface area contributed by atoms with Crippen LogP contribution in [0.5, 0.6) is 0 Å². The van der Waals surface area contributed by atoms with Crippen LogP contribution in [0.4, 0.5) is 5.69 Å². The van der Waals surface area contributed by atoms with Crippen LogP contribution in [0.1, 0.15) is 38.0 Å². The monoisotopic (exact) mass is 450 g/mol. The molecule has 158 valence electrons. The smallest absolute Gasteiger partial charge is 0.255 e. The lowest BCUT2D eigenvalue weighted by molar-refractivity contribution is -0.128. The number of carbonyl (C=O) groups is 2. The van der Waals surface area contributed by atoms with E-state index in [0.717, 1.165) is 27.9 Å². The van der Waals surface area contributed by atoms with Crippen LogP contribution in [0.3, 0.4) is 0 Å². The summed E-state index contributed by atoms with van der Waals surface area (Å²) >= 11 is 7.58. The number of rotatable bonds is 5. The Kier molecular flexibility index (Phi) is 6.35. The highest BCUT2D eigenvalue weighted by atomic mass is 35.5. The topological polar surface area (TPSA) is 49.4 Å². The summed E-state index contributed by atoms with van der Waals surface area (Å²) in [6.45, 7) is 4.50. The summed E-state index contributed by atoms with van der Waals surface area (Å²) in [5.74, 6) is 0.419. The number of benzene rings is 3. The van der Waals surface area contributed by atoms with Crippen LogP contribution < -0.4 is 5.32 Å². The van der Waals surface area contributed by atoms with Crippen LogP contribution in [-0.2, 0) is 11.3 Å². The van der Waals surface area contributed by atoms with E-state index in [-0.39, 0.29) is 17.2 Å². The number of amides is 2. The summed E-state index contributed by atoms with van der Waals surface area (Å²) in [5, 5.41) is 3.60. The molecular formula is C25H23ClN2O2S. The minimum Gasteiger partial charge on any atom is -0.322 e. The Labute approximate surface area is 191 Å². The first-order chi connectivity index (χ1) is 14.9. The summed E-state index contributed by atoms with van der Waals surface area (Å²) < 4.78 is 0. The molecule has 0 bridgehead atoms. The average molecular weight is 451 g/mol. The SMILES string of the molecule is Cc1ccc(C)c(NC(=O)c2ccc([C@@H]3SCC(=O)N3Cc3ccc(Cl)cc3)cc2)c1. The molecule has 0 spiro atoms. The van der Waals surface area contributed by atoms with Crippen LogP contribution >= 0.6 is 23.4 Å². The summed E-state index contributed by atoms with van der Waals surface area (Å²) in [5.41, 5.74) is 5.57. The van der Waals surface area contributed by atoms with Gasteiger partial charge in [-0.25, -0.2) is 0 Å². The summed E-state index contributed by atoms with van der Waals surface area (Å²) in [4.78, 5) is 27.1. The third kappa shape index (κ3) is 4.94. The maximum atomic E-state index is 12.7. The van der Waals surface area contributed by atoms with Gasteiger partial charge in [0.2, 0.25) is 5.91 Å². The first-order valence-corrected chi connectivity index (χ1v) is 11.5. The van der Waals surface area contributed by atoms with Crippen molar-refractivity contribution in [2.45, 2.75) is 25.8 Å². The fraction of sp³-hybridized carbons (Fsp3) is 0.200. The van der Waals surface area contributed by atoms with E-state index in [1.165, 1.54) is 0 Å². The summed E-state index contributed by atoms with van der Waals surface area (Å²) in [6, 6.07) is 21.1. The third-order valence-corrected chi connectivity index (χ3v) is 6.84. The Bertz CT molecular complexity index is 1110. The van der Waals surface area contributed by atoms with Gasteiger partial charge in [0.15, 0.2) is 0 Å². The van der Waals surface area contributed by atoms with E-state index >= 15 is 0 Å². The van der Waals surface area contributed by atoms with E-state index < -0.39 is 0 Å². The van der Waals surface area contributed by atoms with Crippen molar-refractivity contribution in [3.8, 4) is 0 Å². The summed E-state index contributed by atoms with van der Waals surface area (Å²) in [7, 11) is 0. The number of thioether (sulfide) groups is 1. The first kappa shape index (κ1) is 21.5. The maximum Gasteiger partial charge on any atom is 0.255 e. The highest BCUT2D eigenvalue weighted by molar-refractivity contribution is 8.00. The molecule has 1 aliphatic rings. The number of halogens is 1. The molecule has 4 nitrogen and oxygen atoms in total. The predicted molar refractivity (Wildman–Crippen MR) is 128 cm³/mol. The first-order valence-electron chi connectivity index (χ1n) is 10.0. The Morgan fingerprint density at radius 3 is 2.48 bits per heavy atom. The molecule has 2 amide bonds. The Morgan fingerprint density at radius 1 is 1.06 bits per heavy atom. The summed E-state index contributed by atoms with van der Waals surface area (Å²) in [6.07, 6.45) is 0. The van der Waals surface area contributed by atoms with Gasteiger partial charge < -0.3 is 10.2 Å². The van der Waals surface area contributed by atoms with Gasteiger partial charge in [-0.05, 0) is 66.4 Å². The predicted octanol–water partition coefficient (Wildman–Crippen LogP) is 5.98. The van der Waals surface area contributed by atoms with Crippen molar-refractivity contribution in [3.05, 3.63) is 99.6 Å². The van der Waals surface area contributed by atoms with Crippen LogP contribution in [-0.4, -0.2) is 22.5 Å². The van der Waals surface area contributed by atoms with E-state index in [4.69, 9.17) is 11.6 Å². The number of anilines is 1. The van der Waals surface area contributed by atoms with Gasteiger partial charge in [-0.3, -0.25) is 9.59 Å². The Hall–Kier alpha value is -2.76. The molecule has 31 heavy (non-hydrogen) atoms. The number of carbonyl (C=O) groups excluding carboxylic acids is 2. The van der Waals surface area contributed by atoms with Gasteiger partial charge in [0.1, 0.15) is 5.37 Å². The van der Waals surface area contributed by atoms with E-state index in [9.17, 15) is 9.59 Å². The quantitative estimate of drug-likeness (QED) is 0.519. The van der Waals surface area contributed by atoms with Gasteiger partial charge >= 0.3 is 0 Å². The van der Waals surface area contributed by atoms with Crippen molar-refractivity contribution in [1.29, 1.82) is 0 Å². The lowest BCUT2D eigenvalue weighted by Crippen LogP contribution is -2.27. The zero-order chi connectivity index (χ0) is 22.0. The molecule has 3 aromatic carbocycles. The Balaban J connectivity index is 1.48. The zero-order valence-electron chi connectivity index (χ0n) is 17.4. The molecule has 6 heteroatoms. The number of nitrogens with zero attached hydrogens (tertiary/aromatic N) is 1. The highest BCUT2D eigenvalue weighted by Gasteiger charge is 2.32. The van der Waals surface area contributed by atoms with Gasteiger partial charge in [0.05, 0.1) is 5.75 Å². The Morgan fingerprint density at radius 2 is 1.77 bits per heavy atom. The minimum absolute atomic E-state index is 0.0701. The van der Waals surface area contributed by atoms with Crippen LogP contribution in [0, 0.1) is 13.8 Å². The molecule has 3 aromatic rings. The molecule has 1 atom stereocenters. The third-order valence-electron chi connectivity index (χ3n) is 5.33. The van der Waals surface area contributed by atoms with Crippen molar-refractivity contribution < 1.29 is 9.59 Å². The molecule has 1 aliphatic heterocycles. The molecular weight excluding hydrogens is 428 g/mol. The van der Waals surface area contributed by atoms with Crippen LogP contribution in [0.25, 0.3) is 0 Å². The highest BCUT2D eigenvalue weighted by Crippen LogP contribution is 2.39. The standard InChI is InChI=1S/C25H23ClN2O2S/c1-16-3-4-17(2)22(13-16)27-24(30)19-7-9-20(10-8-19)25-28(23(29)15-31-25)14-18-5-11-21(26)12-6-18/h3-13,25H,14-15H2,1-2H3,(H,27,30)/t25-/m0/s1. The fourth-order valence-corrected chi connectivity index (χ4v) is 4.87. The molecule has 1 fully saturated rings. The second-order valence-corrected chi connectivity index (χ2v) is 9.21. The second-order valence-electron chi connectivity index (χ2n) is 7.71. The van der Waals surface area contributed by atoms with Crippen molar-refractivity contribution in [3.63, 3.8) is 0 Å². The maximum absolute atomic E-state index is 12.7. The van der Waals surface area contributed by atoms with Gasteiger partial charge in [-0.1, -0.05) is 48.0 Å². The molecule has 1 N–H and O–H groups in total. The minimum atomic E-state index is -0.145. The van der Waals surface area contributed by atoms with Crippen LogP contribution in [0.15, 0.2) is 66.7 Å². The van der Waals surface area contributed by atoms with E-state index in [1.807, 2.05) is 85.5 Å². The van der Waals surface area contributed by atoms with Gasteiger partial charge in [0.25, 0.3) is 5.91 Å². The average Bonchev–Trinajstić information content (AvgIpc) is 3.12. The largest absolute Gasteiger partial charge is 0.322 e. The molecule has 4 rings (SSSR count). The molecule has 0 saturated carbocycles. The van der Waals surface area contributed by atoms with E-state index in [0.29, 0.717) is 22.9 Å². The van der Waals surface area contributed by atoms with Crippen molar-refractivity contribution in [2.75, 3.05) is 11.1 Å². The molecule has 0 unspecified atom stereocenters. The zero-order valence-corrected chi connectivity index (χ0v) is 19.0. The van der Waals surface area contributed by atoms with Gasteiger partial charge in [-0.15, -0.1) is 11.8 Å². The van der Waals surface area contributed by atoms with Crippen LogP contribution in [0.2, 0.25) is 5.02 Å². The molecule has 0 aromatic heterocycles. The van der Waals surface area contributed by atoms with E-state index in [2.05, 4.69) is 5.32 Å². The number of hydrogen-bond donors (Lipinski definition) is 1. The lowest BCUT2D eigenvalue weighted by atomic mass is 10.1. The van der Waals surface area contributed by atoms with Crippen molar-refractivity contribution >= 4 is 40.9 Å². The second kappa shape index (κ2) is 9.16. The van der Waals surface area contributed by atoms with Crippen molar-refractivity contribution in [2.24, 2.45) is 0 Å². The van der Waals surface area contributed by atoms with Crippen molar-refractivity contribution in [1.82, 2.24) is 4.90 Å². The molecule has 1 saturated heterocycles. The lowest BCUT2D eigenvalue weighted by Gasteiger charge is -2.24. The van der Waals surface area contributed by atoms with Gasteiger partial charge in [0, 0.05) is 22.8 Å². The fourth-order valence-electron chi connectivity index (χ4n) is 3.55.